The maximum Gasteiger partial charge on any atom is 0.221 e. The molecular formula is C8H15NO5. The molecule has 1 heterocycles. The average Bonchev–Trinajstić information content (AvgIpc) is 2.19. The van der Waals surface area contributed by atoms with Crippen molar-refractivity contribution >= 4 is 5.91 Å². The Morgan fingerprint density at radius 3 is 2.64 bits per heavy atom. The first-order valence-corrected chi connectivity index (χ1v) is 4.51. The van der Waals surface area contributed by atoms with E-state index < -0.39 is 24.5 Å². The van der Waals surface area contributed by atoms with Crippen molar-refractivity contribution < 1.29 is 24.9 Å². The van der Waals surface area contributed by atoms with Gasteiger partial charge >= 0.3 is 0 Å². The summed E-state index contributed by atoms with van der Waals surface area (Å²) in [6.07, 6.45) is -4.37. The van der Waals surface area contributed by atoms with Gasteiger partial charge in [-0.15, -0.1) is 0 Å². The van der Waals surface area contributed by atoms with Crippen molar-refractivity contribution in [3.05, 3.63) is 0 Å². The Balaban J connectivity index is 2.50. The van der Waals surface area contributed by atoms with Crippen molar-refractivity contribution in [1.29, 1.82) is 0 Å². The van der Waals surface area contributed by atoms with Crippen LogP contribution in [0.2, 0.25) is 0 Å². The highest BCUT2D eigenvalue weighted by atomic mass is 16.5. The number of aliphatic hydroxyl groups is 3. The average molecular weight is 205 g/mol. The summed E-state index contributed by atoms with van der Waals surface area (Å²) in [6, 6.07) is 0. The highest BCUT2D eigenvalue weighted by Crippen LogP contribution is 2.13. The summed E-state index contributed by atoms with van der Waals surface area (Å²) in [5, 5.41) is 30.2. The van der Waals surface area contributed by atoms with Gasteiger partial charge in [0.2, 0.25) is 5.91 Å². The molecule has 0 radical (unpaired) electrons. The molecule has 0 spiro atoms. The highest BCUT2D eigenvalue weighted by Gasteiger charge is 2.37. The van der Waals surface area contributed by atoms with E-state index in [1.54, 1.807) is 6.92 Å². The molecule has 82 valence electrons. The van der Waals surface area contributed by atoms with Crippen molar-refractivity contribution in [2.24, 2.45) is 0 Å². The molecule has 0 aromatic rings. The molecule has 1 amide bonds. The minimum absolute atomic E-state index is 0.104. The third-order valence-corrected chi connectivity index (χ3v) is 2.13. The normalized spacial score (nSPS) is 38.0. The summed E-state index contributed by atoms with van der Waals surface area (Å²) in [5.41, 5.74) is 0. The van der Waals surface area contributed by atoms with Crippen molar-refractivity contribution in [1.82, 2.24) is 5.32 Å². The Hall–Kier alpha value is -0.690. The summed E-state index contributed by atoms with van der Waals surface area (Å²) < 4.78 is 4.95. The van der Waals surface area contributed by atoms with Gasteiger partial charge < -0.3 is 25.4 Å². The van der Waals surface area contributed by atoms with Gasteiger partial charge in [-0.2, -0.15) is 0 Å². The van der Waals surface area contributed by atoms with E-state index in [0.29, 0.717) is 0 Å². The standard InChI is InChI=1S/C8H15NO5/c1-2-5(11)9-8-7(13)6(12)4(10)3-14-8/h4,6-8,10,12-13H,2-3H2,1H3,(H,9,11)/t4-,6+,7-,8?/m1/s1. The first-order chi connectivity index (χ1) is 6.56. The minimum Gasteiger partial charge on any atom is -0.388 e. The lowest BCUT2D eigenvalue weighted by atomic mass is 10.0. The van der Waals surface area contributed by atoms with Crippen molar-refractivity contribution in [2.75, 3.05) is 6.61 Å². The van der Waals surface area contributed by atoms with Crippen LogP contribution in [0.5, 0.6) is 0 Å². The second kappa shape index (κ2) is 4.70. The fourth-order valence-corrected chi connectivity index (χ4v) is 1.19. The van der Waals surface area contributed by atoms with E-state index in [0.717, 1.165) is 0 Å². The number of rotatable bonds is 2. The number of aliphatic hydroxyl groups excluding tert-OH is 3. The Morgan fingerprint density at radius 2 is 2.07 bits per heavy atom. The second-order valence-electron chi connectivity index (χ2n) is 3.22. The van der Waals surface area contributed by atoms with Crippen molar-refractivity contribution in [3.63, 3.8) is 0 Å². The zero-order valence-corrected chi connectivity index (χ0v) is 7.88. The summed E-state index contributed by atoms with van der Waals surface area (Å²) in [6.45, 7) is 1.56. The van der Waals surface area contributed by atoms with E-state index in [9.17, 15) is 15.0 Å². The Morgan fingerprint density at radius 1 is 1.43 bits per heavy atom. The Labute approximate surface area is 81.5 Å². The number of carbonyl (C=O) groups excluding carboxylic acids is 1. The number of ether oxygens (including phenoxy) is 1. The van der Waals surface area contributed by atoms with Gasteiger partial charge in [-0.05, 0) is 0 Å². The molecule has 0 aliphatic carbocycles. The van der Waals surface area contributed by atoms with Gasteiger partial charge in [0.05, 0.1) is 6.61 Å². The minimum atomic E-state index is -1.30. The Bertz CT molecular complexity index is 210. The van der Waals surface area contributed by atoms with E-state index >= 15 is 0 Å². The number of hydrogen-bond donors (Lipinski definition) is 4. The third kappa shape index (κ3) is 2.42. The van der Waals surface area contributed by atoms with E-state index in [-0.39, 0.29) is 18.9 Å². The van der Waals surface area contributed by atoms with Crippen LogP contribution in [0.15, 0.2) is 0 Å². The molecule has 0 aromatic heterocycles. The van der Waals surface area contributed by atoms with Gasteiger partial charge in [-0.1, -0.05) is 6.92 Å². The predicted molar refractivity (Wildman–Crippen MR) is 46.2 cm³/mol. The molecule has 6 nitrogen and oxygen atoms in total. The van der Waals surface area contributed by atoms with E-state index in [1.165, 1.54) is 0 Å². The lowest BCUT2D eigenvalue weighted by Crippen LogP contribution is -2.58. The molecule has 0 saturated carbocycles. The van der Waals surface area contributed by atoms with Gasteiger partial charge in [0, 0.05) is 6.42 Å². The lowest BCUT2D eigenvalue weighted by molar-refractivity contribution is -0.196. The molecule has 1 saturated heterocycles. The smallest absolute Gasteiger partial charge is 0.221 e. The molecule has 1 fully saturated rings. The zero-order chi connectivity index (χ0) is 10.7. The van der Waals surface area contributed by atoms with Gasteiger partial charge in [0.1, 0.15) is 18.3 Å². The molecular weight excluding hydrogens is 190 g/mol. The summed E-state index contributed by atoms with van der Waals surface area (Å²) in [7, 11) is 0. The van der Waals surface area contributed by atoms with Crippen LogP contribution < -0.4 is 5.32 Å². The largest absolute Gasteiger partial charge is 0.388 e. The summed E-state index contributed by atoms with van der Waals surface area (Å²) in [4.78, 5) is 11.0. The lowest BCUT2D eigenvalue weighted by Gasteiger charge is -2.35. The van der Waals surface area contributed by atoms with Crippen LogP contribution >= 0.6 is 0 Å². The van der Waals surface area contributed by atoms with Crippen LogP contribution in [-0.2, 0) is 9.53 Å². The molecule has 1 aliphatic heterocycles. The van der Waals surface area contributed by atoms with Gasteiger partial charge in [0.25, 0.3) is 0 Å². The molecule has 14 heavy (non-hydrogen) atoms. The third-order valence-electron chi connectivity index (χ3n) is 2.13. The molecule has 4 atom stereocenters. The first-order valence-electron chi connectivity index (χ1n) is 4.51. The van der Waals surface area contributed by atoms with Crippen LogP contribution in [0, 0.1) is 0 Å². The highest BCUT2D eigenvalue weighted by molar-refractivity contribution is 5.75. The number of amides is 1. The number of hydrogen-bond acceptors (Lipinski definition) is 5. The van der Waals surface area contributed by atoms with Crippen LogP contribution in [0.25, 0.3) is 0 Å². The van der Waals surface area contributed by atoms with E-state index in [2.05, 4.69) is 5.32 Å². The van der Waals surface area contributed by atoms with Gasteiger partial charge in [-0.3, -0.25) is 4.79 Å². The summed E-state index contributed by atoms with van der Waals surface area (Å²) in [5.74, 6) is -0.280. The van der Waals surface area contributed by atoms with Gasteiger partial charge in [-0.25, -0.2) is 0 Å². The van der Waals surface area contributed by atoms with Gasteiger partial charge in [0.15, 0.2) is 6.23 Å². The molecule has 0 bridgehead atoms. The van der Waals surface area contributed by atoms with Crippen molar-refractivity contribution in [2.45, 2.75) is 37.9 Å². The first kappa shape index (κ1) is 11.4. The second-order valence-corrected chi connectivity index (χ2v) is 3.22. The molecule has 6 heteroatoms. The number of carbonyl (C=O) groups is 1. The molecule has 0 aromatic carbocycles. The molecule has 1 aliphatic rings. The van der Waals surface area contributed by atoms with Crippen LogP contribution in [0.4, 0.5) is 0 Å². The van der Waals surface area contributed by atoms with Crippen molar-refractivity contribution in [3.8, 4) is 0 Å². The Kier molecular flexibility index (Phi) is 3.82. The topological polar surface area (TPSA) is 99.0 Å². The monoisotopic (exact) mass is 205 g/mol. The van der Waals surface area contributed by atoms with E-state index in [1.807, 2.05) is 0 Å². The zero-order valence-electron chi connectivity index (χ0n) is 7.88. The quantitative estimate of drug-likeness (QED) is 0.416. The number of nitrogens with one attached hydrogen (secondary N) is 1. The fourth-order valence-electron chi connectivity index (χ4n) is 1.19. The van der Waals surface area contributed by atoms with E-state index in [4.69, 9.17) is 9.84 Å². The maximum absolute atomic E-state index is 11.0. The van der Waals surface area contributed by atoms with Crippen LogP contribution in [0.1, 0.15) is 13.3 Å². The molecule has 1 unspecified atom stereocenters. The van der Waals surface area contributed by atoms with Crippen LogP contribution in [-0.4, -0.2) is 52.4 Å². The molecule has 4 N–H and O–H groups in total. The molecule has 1 rings (SSSR count). The maximum atomic E-state index is 11.0. The summed E-state index contributed by atoms with van der Waals surface area (Å²) >= 11 is 0. The SMILES string of the molecule is CCC(=O)NC1OC[C@@H](O)[C@H](O)[C@H]1O. The fraction of sp³-hybridized carbons (Fsp3) is 0.875. The predicted octanol–water partition coefficient (Wildman–Crippen LogP) is -2.05. The van der Waals surface area contributed by atoms with Crippen LogP contribution in [0.3, 0.4) is 0 Å².